The molecule has 0 atom stereocenters. The van der Waals surface area contributed by atoms with Gasteiger partial charge in [-0.05, 0) is 48.9 Å². The monoisotopic (exact) mass is 308 g/mol. The van der Waals surface area contributed by atoms with Gasteiger partial charge in [0.1, 0.15) is 5.75 Å². The summed E-state index contributed by atoms with van der Waals surface area (Å²) in [5, 5.41) is 13.9. The molecule has 0 fully saturated rings. The van der Waals surface area contributed by atoms with Crippen molar-refractivity contribution < 1.29 is 14.6 Å². The Hall–Kier alpha value is -3.08. The maximum absolute atomic E-state index is 11.5. The molecule has 0 radical (unpaired) electrons. The highest BCUT2D eigenvalue weighted by atomic mass is 16.5. The zero-order valence-electron chi connectivity index (χ0n) is 12.9. The Labute approximate surface area is 133 Å². The highest BCUT2D eigenvalue weighted by molar-refractivity contribution is 5.88. The Balaban J connectivity index is 2.11. The molecule has 0 unspecified atom stereocenters. The topological polar surface area (TPSA) is 64.3 Å². The molecule has 0 saturated carbocycles. The number of hydrogen-bond donors (Lipinski definition) is 1. The summed E-state index contributed by atoms with van der Waals surface area (Å²) in [5.74, 6) is -0.229. The van der Waals surface area contributed by atoms with E-state index in [9.17, 15) is 9.90 Å². The number of rotatable bonds is 4. The van der Waals surface area contributed by atoms with E-state index in [1.165, 1.54) is 4.68 Å². The van der Waals surface area contributed by atoms with Crippen molar-refractivity contribution in [3.05, 3.63) is 65.9 Å². The van der Waals surface area contributed by atoms with E-state index in [1.807, 2.05) is 55.5 Å². The van der Waals surface area contributed by atoms with Crippen molar-refractivity contribution in [2.45, 2.75) is 6.92 Å². The van der Waals surface area contributed by atoms with E-state index in [0.717, 1.165) is 16.9 Å². The highest BCUT2D eigenvalue weighted by Gasteiger charge is 2.17. The number of nitrogens with zero attached hydrogens (tertiary/aromatic N) is 2. The summed E-state index contributed by atoms with van der Waals surface area (Å²) in [7, 11) is 1.62. The first-order chi connectivity index (χ1) is 11.1. The second-order valence-electron chi connectivity index (χ2n) is 5.15. The largest absolute Gasteiger partial charge is 0.496 e. The average molecular weight is 308 g/mol. The van der Waals surface area contributed by atoms with Gasteiger partial charge in [0.2, 0.25) is 0 Å². The van der Waals surface area contributed by atoms with Gasteiger partial charge in [0.15, 0.2) is 5.69 Å². The van der Waals surface area contributed by atoms with E-state index >= 15 is 0 Å². The molecule has 0 aliphatic carbocycles. The Morgan fingerprint density at radius 2 is 1.87 bits per heavy atom. The molecule has 116 valence electrons. The lowest BCUT2D eigenvalue weighted by atomic mass is 10.1. The van der Waals surface area contributed by atoms with Crippen molar-refractivity contribution in [3.63, 3.8) is 0 Å². The molecule has 3 aromatic rings. The Morgan fingerprint density at radius 1 is 1.13 bits per heavy atom. The number of benzene rings is 2. The third-order valence-corrected chi connectivity index (χ3v) is 3.62. The van der Waals surface area contributed by atoms with Gasteiger partial charge in [0, 0.05) is 5.56 Å². The molecule has 0 amide bonds. The fourth-order valence-corrected chi connectivity index (χ4v) is 2.48. The molecule has 2 aromatic carbocycles. The predicted octanol–water partition coefficient (Wildman–Crippen LogP) is 3.55. The molecule has 5 heteroatoms. The van der Waals surface area contributed by atoms with Crippen LogP contribution in [0.5, 0.6) is 5.75 Å². The minimum absolute atomic E-state index is 0.125. The lowest BCUT2D eigenvalue weighted by Gasteiger charge is -2.06. The number of carboxylic acids is 1. The SMILES string of the molecule is COc1ccc(-c2cc(C(=O)O)n(-c3ccccc3)n2)cc1C. The quantitative estimate of drug-likeness (QED) is 0.800. The van der Waals surface area contributed by atoms with Crippen LogP contribution in [0.25, 0.3) is 16.9 Å². The van der Waals surface area contributed by atoms with Crippen LogP contribution in [0.4, 0.5) is 0 Å². The van der Waals surface area contributed by atoms with E-state index in [-0.39, 0.29) is 5.69 Å². The maximum Gasteiger partial charge on any atom is 0.354 e. The number of aromatic carboxylic acids is 1. The van der Waals surface area contributed by atoms with Gasteiger partial charge in [-0.25, -0.2) is 9.48 Å². The van der Waals surface area contributed by atoms with Crippen molar-refractivity contribution in [3.8, 4) is 22.7 Å². The summed E-state index contributed by atoms with van der Waals surface area (Å²) >= 11 is 0. The van der Waals surface area contributed by atoms with Crippen LogP contribution in [0.3, 0.4) is 0 Å². The first-order valence-electron chi connectivity index (χ1n) is 7.14. The second kappa shape index (κ2) is 5.96. The van der Waals surface area contributed by atoms with Crippen molar-refractivity contribution in [2.24, 2.45) is 0 Å². The summed E-state index contributed by atoms with van der Waals surface area (Å²) in [6.07, 6.45) is 0. The van der Waals surface area contributed by atoms with Crippen molar-refractivity contribution >= 4 is 5.97 Å². The normalized spacial score (nSPS) is 10.5. The molecule has 0 aliphatic heterocycles. The van der Waals surface area contributed by atoms with Gasteiger partial charge in [-0.1, -0.05) is 18.2 Å². The number of aromatic nitrogens is 2. The Kier molecular flexibility index (Phi) is 3.85. The van der Waals surface area contributed by atoms with Gasteiger partial charge in [-0.2, -0.15) is 5.10 Å². The zero-order valence-corrected chi connectivity index (χ0v) is 12.9. The number of aryl methyl sites for hydroxylation is 1. The standard InChI is InChI=1S/C18H16N2O3/c1-12-10-13(8-9-17(12)23-2)15-11-16(18(21)22)20(19-15)14-6-4-3-5-7-14/h3-11H,1-2H3,(H,21,22). The summed E-state index contributed by atoms with van der Waals surface area (Å²) in [6.45, 7) is 1.94. The number of carboxylic acid groups (broad SMARTS) is 1. The van der Waals surface area contributed by atoms with E-state index < -0.39 is 5.97 Å². The number of ether oxygens (including phenoxy) is 1. The zero-order chi connectivity index (χ0) is 16.4. The van der Waals surface area contributed by atoms with Crippen molar-refractivity contribution in [1.82, 2.24) is 9.78 Å². The van der Waals surface area contributed by atoms with Gasteiger partial charge in [-0.3, -0.25) is 0 Å². The molecular weight excluding hydrogens is 292 g/mol. The summed E-state index contributed by atoms with van der Waals surface area (Å²) in [5.41, 5.74) is 3.26. The van der Waals surface area contributed by atoms with Crippen LogP contribution in [0.2, 0.25) is 0 Å². The number of hydrogen-bond acceptors (Lipinski definition) is 3. The molecule has 1 N–H and O–H groups in total. The first-order valence-corrected chi connectivity index (χ1v) is 7.14. The molecular formula is C18H16N2O3. The number of para-hydroxylation sites is 1. The van der Waals surface area contributed by atoms with Crippen LogP contribution in [0, 0.1) is 6.92 Å². The second-order valence-corrected chi connectivity index (χ2v) is 5.15. The van der Waals surface area contributed by atoms with Gasteiger partial charge in [0.25, 0.3) is 0 Å². The minimum Gasteiger partial charge on any atom is -0.496 e. The summed E-state index contributed by atoms with van der Waals surface area (Å²) < 4.78 is 6.69. The molecule has 1 aromatic heterocycles. The highest BCUT2D eigenvalue weighted by Crippen LogP contribution is 2.26. The molecule has 5 nitrogen and oxygen atoms in total. The van der Waals surface area contributed by atoms with Gasteiger partial charge < -0.3 is 9.84 Å². The van der Waals surface area contributed by atoms with E-state index in [1.54, 1.807) is 13.2 Å². The lowest BCUT2D eigenvalue weighted by Crippen LogP contribution is -2.07. The average Bonchev–Trinajstić information content (AvgIpc) is 3.01. The lowest BCUT2D eigenvalue weighted by molar-refractivity contribution is 0.0687. The first kappa shape index (κ1) is 14.8. The van der Waals surface area contributed by atoms with E-state index in [4.69, 9.17) is 4.74 Å². The van der Waals surface area contributed by atoms with E-state index in [0.29, 0.717) is 11.4 Å². The van der Waals surface area contributed by atoms with Crippen molar-refractivity contribution in [2.75, 3.05) is 7.11 Å². The van der Waals surface area contributed by atoms with Gasteiger partial charge >= 0.3 is 5.97 Å². The molecule has 23 heavy (non-hydrogen) atoms. The van der Waals surface area contributed by atoms with Crippen LogP contribution in [-0.4, -0.2) is 28.0 Å². The van der Waals surface area contributed by atoms with Crippen LogP contribution in [0.15, 0.2) is 54.6 Å². The Morgan fingerprint density at radius 3 is 2.48 bits per heavy atom. The smallest absolute Gasteiger partial charge is 0.354 e. The molecule has 0 spiro atoms. The number of methoxy groups -OCH3 is 1. The molecule has 1 heterocycles. The third kappa shape index (κ3) is 2.81. The fourth-order valence-electron chi connectivity index (χ4n) is 2.48. The Bertz CT molecular complexity index is 854. The molecule has 3 rings (SSSR count). The molecule has 0 aliphatic rings. The van der Waals surface area contributed by atoms with Gasteiger partial charge in [0.05, 0.1) is 18.5 Å². The van der Waals surface area contributed by atoms with E-state index in [2.05, 4.69) is 5.10 Å². The van der Waals surface area contributed by atoms with Gasteiger partial charge in [-0.15, -0.1) is 0 Å². The molecule has 0 bridgehead atoms. The predicted molar refractivity (Wildman–Crippen MR) is 87.2 cm³/mol. The van der Waals surface area contributed by atoms with Crippen LogP contribution in [-0.2, 0) is 0 Å². The number of carbonyl (C=O) groups is 1. The fraction of sp³-hybridized carbons (Fsp3) is 0.111. The van der Waals surface area contributed by atoms with Crippen LogP contribution < -0.4 is 4.74 Å². The summed E-state index contributed by atoms with van der Waals surface area (Å²) in [6, 6.07) is 16.5. The minimum atomic E-state index is -1.02. The third-order valence-electron chi connectivity index (χ3n) is 3.62. The van der Waals surface area contributed by atoms with Crippen LogP contribution >= 0.6 is 0 Å². The molecule has 0 saturated heterocycles. The summed E-state index contributed by atoms with van der Waals surface area (Å²) in [4.78, 5) is 11.5. The van der Waals surface area contributed by atoms with Crippen LogP contribution in [0.1, 0.15) is 16.1 Å². The van der Waals surface area contributed by atoms with Crippen molar-refractivity contribution in [1.29, 1.82) is 0 Å². The maximum atomic E-state index is 11.5.